The van der Waals surface area contributed by atoms with Crippen molar-refractivity contribution in [3.63, 3.8) is 0 Å². The summed E-state index contributed by atoms with van der Waals surface area (Å²) >= 11 is 4.18. The smallest absolute Gasteiger partial charge is 0.333 e. The van der Waals surface area contributed by atoms with Crippen LogP contribution >= 0.6 is 34.9 Å². The SMILES string of the molecule is CC.CC(C)C(N)C(=O)O.CC(N)(CS(=O)(=O)O)C(=O)O.CCCCCCCC(=O)SCC/C=C/C1CC(=O)NCc2nc(cs2)C2=NC(C)(CS2)C(=O)NC(C(C)C)C(=O)O1.O=C(O)CC(O)C(=O)O. The summed E-state index contributed by atoms with van der Waals surface area (Å²) in [7, 11) is -4.33. The molecular weight excluding hydrogens is 1010 g/mol. The number of aliphatic imine (C=N–C) groups is 1. The van der Waals surface area contributed by atoms with Gasteiger partial charge >= 0.3 is 29.8 Å². The van der Waals surface area contributed by atoms with Gasteiger partial charge in [0.1, 0.15) is 50.8 Å². The predicted octanol–water partition coefficient (Wildman–Crippen LogP) is 3.70. The normalized spacial score (nSPS) is 19.7. The first-order valence-corrected chi connectivity index (χ1v) is 27.2. The minimum absolute atomic E-state index is 0.0208. The molecule has 3 rings (SSSR count). The van der Waals surface area contributed by atoms with Gasteiger partial charge in [-0.1, -0.05) is 92.0 Å². The van der Waals surface area contributed by atoms with Crippen LogP contribution in [-0.2, 0) is 59.8 Å². The number of nitrogens with two attached hydrogens (primary N) is 2. The molecule has 2 amide bonds. The van der Waals surface area contributed by atoms with E-state index >= 15 is 0 Å². The van der Waals surface area contributed by atoms with E-state index in [1.165, 1.54) is 54.1 Å². The van der Waals surface area contributed by atoms with Crippen molar-refractivity contribution in [1.82, 2.24) is 15.6 Å². The number of hydrogen-bond donors (Lipinski definition) is 10. The number of carbonyl (C=O) groups excluding carboxylic acids is 4. The molecule has 23 nitrogen and oxygen atoms in total. The van der Waals surface area contributed by atoms with E-state index in [0.29, 0.717) is 35.1 Å². The number of aromatic nitrogens is 1. The van der Waals surface area contributed by atoms with E-state index in [0.717, 1.165) is 24.8 Å². The van der Waals surface area contributed by atoms with E-state index in [1.807, 2.05) is 39.2 Å². The van der Waals surface area contributed by atoms with E-state index in [1.54, 1.807) is 26.8 Å². The van der Waals surface area contributed by atoms with Gasteiger partial charge in [-0.3, -0.25) is 38.3 Å². The first-order valence-electron chi connectivity index (χ1n) is 22.7. The maximum Gasteiger partial charge on any atom is 0.333 e. The second kappa shape index (κ2) is 34.8. The summed E-state index contributed by atoms with van der Waals surface area (Å²) < 4.78 is 34.3. The molecule has 1 aromatic heterocycles. The molecule has 0 saturated carbocycles. The van der Waals surface area contributed by atoms with E-state index in [2.05, 4.69) is 27.5 Å². The Morgan fingerprint density at radius 2 is 1.63 bits per heavy atom. The number of unbranched alkanes of at least 4 members (excludes halogenated alkanes) is 4. The highest BCUT2D eigenvalue weighted by Crippen LogP contribution is 2.32. The van der Waals surface area contributed by atoms with Crippen molar-refractivity contribution in [1.29, 1.82) is 0 Å². The number of thiazole rings is 1. The highest BCUT2D eigenvalue weighted by atomic mass is 32.2. The number of ether oxygens (including phenoxy) is 1. The molecule has 3 heterocycles. The van der Waals surface area contributed by atoms with Gasteiger partial charge in [0.15, 0.2) is 11.2 Å². The summed E-state index contributed by atoms with van der Waals surface area (Å²) in [6.45, 7) is 16.4. The molecule has 6 unspecified atom stereocenters. The number of hydrogen-bond acceptors (Lipinski definition) is 19. The van der Waals surface area contributed by atoms with Crippen molar-refractivity contribution >= 4 is 96.8 Å². The molecule has 4 bridgehead atoms. The zero-order valence-electron chi connectivity index (χ0n) is 41.7. The standard InChI is InChI=1S/C29H42N4O5S3.C5H11NO2.C4H9NO5S.C4H6O5.C2H6/c1-5-6-7-8-9-13-24(35)39-14-11-10-12-20-15-22(34)30-16-23-31-21(17-40-23)26-33-29(4,18-41-26)28(37)32-25(19(2)3)27(36)38-20;1-3(2)4(6)5(7)8;1-4(5,3(6)7)2-11(8,9)10;5-2(4(8)9)1-3(6)7;1-2/h10,12,17,19-20,25H,5-9,11,13-16,18H2,1-4H3,(H,30,34)(H,32,37);3-4H,6H2,1-2H3,(H,7,8);2,5H2,1H3,(H,6,7)(H,8,9,10);2,5H,1H2,(H,6,7)(H,8,9);1-2H3/b12-10+;;;;. The lowest BCUT2D eigenvalue weighted by molar-refractivity contribution is -0.153. The third-order valence-electron chi connectivity index (χ3n) is 9.41. The molecular formula is C44H74N6O17S4. The second-order valence-corrected chi connectivity index (χ2v) is 21.4. The van der Waals surface area contributed by atoms with Crippen LogP contribution < -0.4 is 22.1 Å². The molecule has 2 aliphatic rings. The van der Waals surface area contributed by atoms with Gasteiger partial charge in [-0.25, -0.2) is 14.6 Å². The molecule has 1 aromatic rings. The lowest BCUT2D eigenvalue weighted by Gasteiger charge is -2.27. The summed E-state index contributed by atoms with van der Waals surface area (Å²) in [5, 5.41) is 49.8. The minimum atomic E-state index is -4.33. The van der Waals surface area contributed by atoms with Gasteiger partial charge in [-0.2, -0.15) is 8.42 Å². The first-order chi connectivity index (χ1) is 32.8. The topological polar surface area (TPSA) is 403 Å². The average Bonchev–Trinajstić information content (AvgIpc) is 3.91. The van der Waals surface area contributed by atoms with Crippen molar-refractivity contribution in [2.24, 2.45) is 28.3 Å². The number of allylic oxidation sites excluding steroid dienone is 1. The summed E-state index contributed by atoms with van der Waals surface area (Å²) in [6, 6.07) is -1.61. The number of aliphatic hydroxyl groups is 1. The molecule has 2 aliphatic heterocycles. The lowest BCUT2D eigenvalue weighted by atomic mass is 10.0. The number of aliphatic hydroxyl groups excluding tert-OH is 1. The Labute approximate surface area is 428 Å². The number of carbonyl (C=O) groups is 8. The van der Waals surface area contributed by atoms with Crippen LogP contribution in [0.2, 0.25) is 0 Å². The quantitative estimate of drug-likeness (QED) is 0.0408. The maximum absolute atomic E-state index is 13.3. The van der Waals surface area contributed by atoms with Gasteiger partial charge < -0.3 is 52.4 Å². The molecule has 0 spiro atoms. The summed E-state index contributed by atoms with van der Waals surface area (Å²) in [5.74, 6) is -6.65. The summed E-state index contributed by atoms with van der Waals surface area (Å²) in [4.78, 5) is 100. The van der Waals surface area contributed by atoms with Gasteiger partial charge in [0, 0.05) is 23.3 Å². The number of carboxylic acid groups (broad SMARTS) is 4. The van der Waals surface area contributed by atoms with Crippen molar-refractivity contribution < 1.29 is 81.6 Å². The number of esters is 1. The third-order valence-corrected chi connectivity index (χ3v) is 13.5. The van der Waals surface area contributed by atoms with Gasteiger partial charge in [0.25, 0.3) is 10.1 Å². The largest absolute Gasteiger partial charge is 0.481 e. The number of nitrogens with one attached hydrogen (secondary N) is 2. The Morgan fingerprint density at radius 3 is 2.10 bits per heavy atom. The number of nitrogens with zero attached hydrogens (tertiary/aromatic N) is 2. The van der Waals surface area contributed by atoms with E-state index in [-0.39, 0.29) is 41.7 Å². The Kier molecular flexibility index (Phi) is 33.6. The fourth-order valence-electron chi connectivity index (χ4n) is 5.24. The number of fused-ring (bicyclic) bond motifs is 4. The molecule has 6 atom stereocenters. The van der Waals surface area contributed by atoms with Crippen LogP contribution in [0.25, 0.3) is 0 Å². The Hall–Kier alpha value is -4.51. The fourth-order valence-corrected chi connectivity index (χ4v) is 8.82. The number of cyclic esters (lactones) is 1. The second-order valence-electron chi connectivity index (χ2n) is 16.9. The molecule has 0 fully saturated rings. The van der Waals surface area contributed by atoms with E-state index in [4.69, 9.17) is 46.3 Å². The van der Waals surface area contributed by atoms with Crippen molar-refractivity contribution in [2.75, 3.05) is 17.3 Å². The summed E-state index contributed by atoms with van der Waals surface area (Å²) in [5.41, 5.74) is 7.88. The zero-order chi connectivity index (χ0) is 55.3. The van der Waals surface area contributed by atoms with Gasteiger partial charge in [0.05, 0.1) is 19.4 Å². The Bertz CT molecular complexity index is 2060. The van der Waals surface area contributed by atoms with Crippen LogP contribution in [0.4, 0.5) is 0 Å². The molecule has 0 saturated heterocycles. The summed E-state index contributed by atoms with van der Waals surface area (Å²) in [6.07, 6.45) is 6.88. The van der Waals surface area contributed by atoms with Crippen molar-refractivity contribution in [3.05, 3.63) is 28.2 Å². The number of aliphatic carboxylic acids is 4. The lowest BCUT2D eigenvalue weighted by Crippen LogP contribution is -2.53. The van der Waals surface area contributed by atoms with E-state index < -0.39 is 87.5 Å². The monoisotopic (exact) mass is 1090 g/mol. The first kappa shape index (κ1) is 68.6. The molecule has 0 aromatic carbocycles. The van der Waals surface area contributed by atoms with Crippen molar-refractivity contribution in [3.8, 4) is 0 Å². The van der Waals surface area contributed by atoms with E-state index in [9.17, 15) is 46.8 Å². The molecule has 27 heteroatoms. The van der Waals surface area contributed by atoms with Gasteiger partial charge in [0.2, 0.25) is 11.8 Å². The minimum Gasteiger partial charge on any atom is -0.481 e. The predicted molar refractivity (Wildman–Crippen MR) is 272 cm³/mol. The third kappa shape index (κ3) is 30.2. The fraction of sp³-hybridized carbons (Fsp3) is 0.682. The number of thioether (sulfide) groups is 2. The Balaban J connectivity index is 0. The Morgan fingerprint density at radius 1 is 1.03 bits per heavy atom. The van der Waals surface area contributed by atoms with Crippen molar-refractivity contribution in [2.45, 2.75) is 162 Å². The average molecular weight is 1090 g/mol. The van der Waals surface area contributed by atoms with Crippen LogP contribution in [-0.4, -0.2) is 148 Å². The maximum atomic E-state index is 13.3. The molecule has 0 radical (unpaired) electrons. The molecule has 71 heavy (non-hydrogen) atoms. The highest BCUT2D eigenvalue weighted by molar-refractivity contribution is 8.14. The number of rotatable bonds is 19. The molecule has 406 valence electrons. The van der Waals surface area contributed by atoms with Gasteiger partial charge in [-0.05, 0) is 44.6 Å². The van der Waals surface area contributed by atoms with Crippen LogP contribution in [0.3, 0.4) is 0 Å². The number of amides is 2. The van der Waals surface area contributed by atoms with Gasteiger partial charge in [-0.15, -0.1) is 23.1 Å². The highest BCUT2D eigenvalue weighted by Gasteiger charge is 2.42. The van der Waals surface area contributed by atoms with Crippen LogP contribution in [0.15, 0.2) is 22.5 Å². The molecule has 0 aliphatic carbocycles. The number of carboxylic acids is 4. The van der Waals surface area contributed by atoms with Crippen LogP contribution in [0, 0.1) is 11.8 Å². The van der Waals surface area contributed by atoms with Crippen LogP contribution in [0.5, 0.6) is 0 Å². The zero-order valence-corrected chi connectivity index (χ0v) is 45.0. The van der Waals surface area contributed by atoms with Crippen LogP contribution in [0.1, 0.15) is 131 Å². The molecule has 12 N–H and O–H groups in total.